The van der Waals surface area contributed by atoms with Crippen molar-refractivity contribution in [3.8, 4) is 0 Å². The van der Waals surface area contributed by atoms with Crippen LogP contribution in [0.1, 0.15) is 23.8 Å². The van der Waals surface area contributed by atoms with Crippen molar-refractivity contribution in [2.24, 2.45) is 7.05 Å². The van der Waals surface area contributed by atoms with Gasteiger partial charge in [-0.15, -0.1) is 0 Å². The summed E-state index contributed by atoms with van der Waals surface area (Å²) in [7, 11) is 1.75. The molecule has 0 bridgehead atoms. The van der Waals surface area contributed by atoms with E-state index >= 15 is 0 Å². The van der Waals surface area contributed by atoms with Gasteiger partial charge in [0.1, 0.15) is 5.69 Å². The van der Waals surface area contributed by atoms with Crippen molar-refractivity contribution in [1.82, 2.24) is 14.9 Å². The van der Waals surface area contributed by atoms with E-state index in [9.17, 15) is 4.79 Å². The molecule has 1 rings (SSSR count). The Bertz CT molecular complexity index is 305. The van der Waals surface area contributed by atoms with E-state index in [1.54, 1.807) is 17.9 Å². The Hall–Kier alpha value is -1.36. The zero-order chi connectivity index (χ0) is 10.6. The first kappa shape index (κ1) is 10.7. The summed E-state index contributed by atoms with van der Waals surface area (Å²) >= 11 is 0. The van der Waals surface area contributed by atoms with Crippen LogP contribution in [0, 0.1) is 0 Å². The Morgan fingerprint density at radius 3 is 2.93 bits per heavy atom. The number of imidazole rings is 1. The fourth-order valence-corrected chi connectivity index (χ4v) is 1.11. The van der Waals surface area contributed by atoms with Gasteiger partial charge in [0.15, 0.2) is 0 Å². The second kappa shape index (κ2) is 4.76. The molecule has 1 unspecified atom stereocenters. The average molecular weight is 197 g/mol. The summed E-state index contributed by atoms with van der Waals surface area (Å²) in [5.74, 6) is -0.203. The predicted octanol–water partition coefficient (Wildman–Crippen LogP) is -0.0792. The van der Waals surface area contributed by atoms with Crippen molar-refractivity contribution < 1.29 is 9.90 Å². The van der Waals surface area contributed by atoms with Crippen LogP contribution >= 0.6 is 0 Å². The summed E-state index contributed by atoms with van der Waals surface area (Å²) in [4.78, 5) is 15.4. The molecular formula is C9H15N3O2. The van der Waals surface area contributed by atoms with Gasteiger partial charge in [0.05, 0.1) is 25.2 Å². The quantitative estimate of drug-likeness (QED) is 0.709. The van der Waals surface area contributed by atoms with E-state index in [1.807, 2.05) is 6.92 Å². The number of nitrogens with zero attached hydrogens (tertiary/aromatic N) is 2. The highest BCUT2D eigenvalue weighted by atomic mass is 16.3. The van der Waals surface area contributed by atoms with Gasteiger partial charge in [-0.1, -0.05) is 6.92 Å². The van der Waals surface area contributed by atoms with Crippen molar-refractivity contribution in [3.63, 3.8) is 0 Å². The number of nitrogens with one attached hydrogen (secondary N) is 1. The van der Waals surface area contributed by atoms with Crippen LogP contribution in [0.15, 0.2) is 12.5 Å². The van der Waals surface area contributed by atoms with Gasteiger partial charge >= 0.3 is 0 Å². The van der Waals surface area contributed by atoms with E-state index in [2.05, 4.69) is 10.3 Å². The number of carbonyl (C=O) groups is 1. The summed E-state index contributed by atoms with van der Waals surface area (Å²) in [5.41, 5.74) is 0.497. The average Bonchev–Trinajstić information content (AvgIpc) is 2.60. The molecule has 2 N–H and O–H groups in total. The fourth-order valence-electron chi connectivity index (χ4n) is 1.11. The lowest BCUT2D eigenvalue weighted by Gasteiger charge is -2.13. The third kappa shape index (κ3) is 2.32. The second-order valence-corrected chi connectivity index (χ2v) is 3.15. The molecule has 0 aromatic carbocycles. The van der Waals surface area contributed by atoms with Crippen molar-refractivity contribution in [1.29, 1.82) is 0 Å². The molecule has 0 fully saturated rings. The Morgan fingerprint density at radius 2 is 2.50 bits per heavy atom. The number of hydrogen-bond acceptors (Lipinski definition) is 3. The van der Waals surface area contributed by atoms with E-state index in [0.717, 1.165) is 0 Å². The minimum Gasteiger partial charge on any atom is -0.394 e. The van der Waals surface area contributed by atoms with Crippen LogP contribution in [0.25, 0.3) is 0 Å². The van der Waals surface area contributed by atoms with Crippen LogP contribution in [0.4, 0.5) is 0 Å². The maximum Gasteiger partial charge on any atom is 0.269 e. The van der Waals surface area contributed by atoms with Crippen molar-refractivity contribution in [2.45, 2.75) is 19.4 Å². The Balaban J connectivity index is 2.63. The fraction of sp³-hybridized carbons (Fsp3) is 0.556. The highest BCUT2D eigenvalue weighted by Gasteiger charge is 2.13. The molecule has 1 amide bonds. The molecule has 1 aromatic heterocycles. The van der Waals surface area contributed by atoms with Crippen molar-refractivity contribution in [3.05, 3.63) is 18.2 Å². The number of hydrogen-bond donors (Lipinski definition) is 2. The highest BCUT2D eigenvalue weighted by Crippen LogP contribution is 1.98. The molecule has 14 heavy (non-hydrogen) atoms. The summed E-state index contributed by atoms with van der Waals surface area (Å²) in [6, 6.07) is -0.183. The summed E-state index contributed by atoms with van der Waals surface area (Å²) in [6.45, 7) is 1.87. The summed E-state index contributed by atoms with van der Waals surface area (Å²) in [5, 5.41) is 11.6. The number of amides is 1. The van der Waals surface area contributed by atoms with Crippen molar-refractivity contribution >= 4 is 5.91 Å². The lowest BCUT2D eigenvalue weighted by molar-refractivity contribution is 0.0906. The van der Waals surface area contributed by atoms with E-state index in [1.165, 1.54) is 6.20 Å². The molecular weight excluding hydrogens is 182 g/mol. The number of carbonyl (C=O) groups excluding carboxylic acids is 1. The topological polar surface area (TPSA) is 67.2 Å². The van der Waals surface area contributed by atoms with Gasteiger partial charge in [-0.05, 0) is 6.42 Å². The van der Waals surface area contributed by atoms with Gasteiger partial charge in [0.25, 0.3) is 5.91 Å². The molecule has 1 atom stereocenters. The number of rotatable bonds is 4. The minimum atomic E-state index is -0.203. The van der Waals surface area contributed by atoms with Gasteiger partial charge in [-0.25, -0.2) is 4.98 Å². The molecule has 0 radical (unpaired) electrons. The zero-order valence-electron chi connectivity index (χ0n) is 8.40. The normalized spacial score (nSPS) is 12.5. The maximum absolute atomic E-state index is 11.6. The highest BCUT2D eigenvalue weighted by molar-refractivity contribution is 5.92. The predicted molar refractivity (Wildman–Crippen MR) is 51.8 cm³/mol. The van der Waals surface area contributed by atoms with E-state index in [0.29, 0.717) is 12.1 Å². The minimum absolute atomic E-state index is 0.0416. The molecule has 1 heterocycles. The number of aromatic nitrogens is 2. The van der Waals surface area contributed by atoms with Crippen LogP contribution in [-0.4, -0.2) is 33.2 Å². The SMILES string of the molecule is CCC(CO)NC(=O)c1cncn1C. The third-order valence-corrected chi connectivity index (χ3v) is 2.10. The van der Waals surface area contributed by atoms with E-state index in [-0.39, 0.29) is 18.6 Å². The zero-order valence-corrected chi connectivity index (χ0v) is 8.40. The van der Waals surface area contributed by atoms with Crippen molar-refractivity contribution in [2.75, 3.05) is 6.61 Å². The molecule has 0 aliphatic heterocycles. The van der Waals surface area contributed by atoms with Gasteiger partial charge < -0.3 is 15.0 Å². The second-order valence-electron chi connectivity index (χ2n) is 3.15. The smallest absolute Gasteiger partial charge is 0.269 e. The summed E-state index contributed by atoms with van der Waals surface area (Å²) in [6.07, 6.45) is 3.77. The van der Waals surface area contributed by atoms with E-state index in [4.69, 9.17) is 5.11 Å². The number of aliphatic hydroxyl groups is 1. The number of aliphatic hydroxyl groups excluding tert-OH is 1. The van der Waals surface area contributed by atoms with Crippen LogP contribution in [-0.2, 0) is 7.05 Å². The van der Waals surface area contributed by atoms with Gasteiger partial charge in [-0.2, -0.15) is 0 Å². The standard InChI is InChI=1S/C9H15N3O2/c1-3-7(5-13)11-9(14)8-4-10-6-12(8)2/h4,6-7,13H,3,5H2,1-2H3,(H,11,14). The number of aryl methyl sites for hydroxylation is 1. The molecule has 0 aliphatic carbocycles. The Morgan fingerprint density at radius 1 is 1.79 bits per heavy atom. The Labute approximate surface area is 82.8 Å². The third-order valence-electron chi connectivity index (χ3n) is 2.10. The molecule has 0 saturated carbocycles. The van der Waals surface area contributed by atoms with E-state index < -0.39 is 0 Å². The molecule has 0 spiro atoms. The molecule has 0 saturated heterocycles. The lowest BCUT2D eigenvalue weighted by Crippen LogP contribution is -2.37. The molecule has 78 valence electrons. The van der Waals surface area contributed by atoms with Gasteiger partial charge in [0, 0.05) is 7.05 Å². The van der Waals surface area contributed by atoms with Crippen LogP contribution in [0.2, 0.25) is 0 Å². The largest absolute Gasteiger partial charge is 0.394 e. The Kier molecular flexibility index (Phi) is 3.64. The monoisotopic (exact) mass is 197 g/mol. The van der Waals surface area contributed by atoms with Crippen LogP contribution < -0.4 is 5.32 Å². The van der Waals surface area contributed by atoms with Crippen LogP contribution in [0.3, 0.4) is 0 Å². The molecule has 5 nitrogen and oxygen atoms in total. The first-order valence-electron chi connectivity index (χ1n) is 4.57. The first-order valence-corrected chi connectivity index (χ1v) is 4.57. The first-order chi connectivity index (χ1) is 6.69. The maximum atomic E-state index is 11.6. The van der Waals surface area contributed by atoms with Gasteiger partial charge in [-0.3, -0.25) is 4.79 Å². The molecule has 0 aliphatic rings. The lowest BCUT2D eigenvalue weighted by atomic mass is 10.2. The molecule has 5 heteroatoms. The summed E-state index contributed by atoms with van der Waals surface area (Å²) < 4.78 is 1.64. The van der Waals surface area contributed by atoms with Gasteiger partial charge in [0.2, 0.25) is 0 Å². The molecule has 1 aromatic rings. The van der Waals surface area contributed by atoms with Crippen LogP contribution in [0.5, 0.6) is 0 Å².